The zero-order valence-corrected chi connectivity index (χ0v) is 14.5. The fourth-order valence-electron chi connectivity index (χ4n) is 2.52. The molecule has 6 heteroatoms. The van der Waals surface area contributed by atoms with Crippen LogP contribution in [0.5, 0.6) is 0 Å². The summed E-state index contributed by atoms with van der Waals surface area (Å²) in [5, 5.41) is 9.69. The number of para-hydroxylation sites is 1. The molecule has 0 saturated heterocycles. The summed E-state index contributed by atoms with van der Waals surface area (Å²) >= 11 is 6.33. The minimum absolute atomic E-state index is 0.329. The molecule has 0 saturated carbocycles. The molecular weight excluding hydrogens is 310 g/mol. The number of aromatic nitrogens is 4. The molecule has 3 aromatic rings. The lowest BCUT2D eigenvalue weighted by Crippen LogP contribution is -2.15. The average molecular weight is 330 g/mol. The molecule has 2 heterocycles. The molecule has 120 valence electrons. The molecule has 0 fully saturated rings. The lowest BCUT2D eigenvalue weighted by atomic mass is 10.2. The molecule has 1 atom stereocenters. The molecule has 5 nitrogen and oxygen atoms in total. The molecule has 3 rings (SSSR count). The number of aryl methyl sites for hydroxylation is 2. The van der Waals surface area contributed by atoms with E-state index in [0.29, 0.717) is 16.9 Å². The fraction of sp³-hybridized carbons (Fsp3) is 0.353. The first-order valence-corrected chi connectivity index (χ1v) is 8.14. The van der Waals surface area contributed by atoms with E-state index < -0.39 is 0 Å². The largest absolute Gasteiger partial charge is 0.367 e. The Morgan fingerprint density at radius 3 is 2.65 bits per heavy atom. The van der Waals surface area contributed by atoms with Gasteiger partial charge < -0.3 is 5.32 Å². The van der Waals surface area contributed by atoms with Gasteiger partial charge in [0, 0.05) is 6.04 Å². The highest BCUT2D eigenvalue weighted by atomic mass is 35.5. The quantitative estimate of drug-likeness (QED) is 0.775. The first kappa shape index (κ1) is 15.7. The first-order valence-electron chi connectivity index (χ1n) is 7.76. The van der Waals surface area contributed by atoms with Crippen LogP contribution in [0.15, 0.2) is 24.3 Å². The summed E-state index contributed by atoms with van der Waals surface area (Å²) in [6.07, 6.45) is 1.02. The van der Waals surface area contributed by atoms with Gasteiger partial charge in [-0.05, 0) is 39.3 Å². The number of fused-ring (bicyclic) bond motifs is 1. The van der Waals surface area contributed by atoms with Gasteiger partial charge in [-0.2, -0.15) is 5.10 Å². The van der Waals surface area contributed by atoms with E-state index in [1.165, 1.54) is 0 Å². The molecule has 0 amide bonds. The Labute approximate surface area is 140 Å². The topological polar surface area (TPSA) is 55.6 Å². The van der Waals surface area contributed by atoms with Crippen LogP contribution >= 0.6 is 11.6 Å². The van der Waals surface area contributed by atoms with Crippen molar-refractivity contribution in [1.29, 1.82) is 0 Å². The van der Waals surface area contributed by atoms with E-state index in [0.717, 1.165) is 34.7 Å². The molecule has 0 aliphatic carbocycles. The third kappa shape index (κ3) is 2.88. The van der Waals surface area contributed by atoms with Gasteiger partial charge in [0.1, 0.15) is 11.6 Å². The van der Waals surface area contributed by atoms with Crippen molar-refractivity contribution in [3.63, 3.8) is 0 Å². The van der Waals surface area contributed by atoms with Crippen molar-refractivity contribution in [2.75, 3.05) is 5.32 Å². The summed E-state index contributed by atoms with van der Waals surface area (Å²) < 4.78 is 1.80. The Morgan fingerprint density at radius 2 is 1.96 bits per heavy atom. The molecule has 23 heavy (non-hydrogen) atoms. The third-order valence-corrected chi connectivity index (χ3v) is 4.21. The molecular formula is C17H20ClN5. The number of rotatable bonds is 4. The van der Waals surface area contributed by atoms with E-state index in [1.807, 2.05) is 38.1 Å². The van der Waals surface area contributed by atoms with Crippen LogP contribution in [0.2, 0.25) is 5.02 Å². The zero-order chi connectivity index (χ0) is 16.6. The number of hydrogen-bond donors (Lipinski definition) is 1. The number of nitrogens with zero attached hydrogens (tertiary/aromatic N) is 4. The van der Waals surface area contributed by atoms with Crippen LogP contribution in [0.25, 0.3) is 16.7 Å². The predicted molar refractivity (Wildman–Crippen MR) is 94.5 cm³/mol. The second-order valence-electron chi connectivity index (χ2n) is 5.72. The van der Waals surface area contributed by atoms with Gasteiger partial charge in [-0.1, -0.05) is 30.7 Å². The molecule has 1 unspecified atom stereocenters. The number of halogens is 1. The average Bonchev–Trinajstić information content (AvgIpc) is 2.84. The minimum atomic E-state index is 0.329. The highest BCUT2D eigenvalue weighted by Crippen LogP contribution is 2.29. The Bertz CT molecular complexity index is 856. The van der Waals surface area contributed by atoms with E-state index in [9.17, 15) is 0 Å². The van der Waals surface area contributed by atoms with E-state index in [4.69, 9.17) is 11.6 Å². The minimum Gasteiger partial charge on any atom is -0.367 e. The van der Waals surface area contributed by atoms with Gasteiger partial charge >= 0.3 is 0 Å². The molecule has 2 aromatic heterocycles. The van der Waals surface area contributed by atoms with Gasteiger partial charge in [0.05, 0.1) is 21.8 Å². The smallest absolute Gasteiger partial charge is 0.169 e. The standard InChI is InChI=1S/C17H20ClN5/c1-5-10(2)19-16-15-11(3)22-23(17(15)21-12(4)20-16)14-9-7-6-8-13(14)18/h6-10H,5H2,1-4H3,(H,19,20,21). The zero-order valence-electron chi connectivity index (χ0n) is 13.8. The van der Waals surface area contributed by atoms with Crippen LogP contribution in [0.4, 0.5) is 5.82 Å². The molecule has 0 radical (unpaired) electrons. The number of benzene rings is 1. The molecule has 1 aromatic carbocycles. The second kappa shape index (κ2) is 6.16. The van der Waals surface area contributed by atoms with Crippen molar-refractivity contribution >= 4 is 28.5 Å². The number of hydrogen-bond acceptors (Lipinski definition) is 4. The van der Waals surface area contributed by atoms with Crippen LogP contribution in [0.1, 0.15) is 31.8 Å². The van der Waals surface area contributed by atoms with E-state index in [2.05, 4.69) is 34.2 Å². The van der Waals surface area contributed by atoms with Crippen LogP contribution < -0.4 is 5.32 Å². The number of anilines is 1. The first-order chi connectivity index (χ1) is 11.0. The van der Waals surface area contributed by atoms with Gasteiger partial charge in [-0.3, -0.25) is 0 Å². The molecule has 0 bridgehead atoms. The van der Waals surface area contributed by atoms with Gasteiger partial charge in [-0.15, -0.1) is 0 Å². The summed E-state index contributed by atoms with van der Waals surface area (Å²) in [5.41, 5.74) is 2.47. The van der Waals surface area contributed by atoms with Crippen LogP contribution in [-0.4, -0.2) is 25.8 Å². The Balaban J connectivity index is 2.25. The van der Waals surface area contributed by atoms with Crippen molar-refractivity contribution in [1.82, 2.24) is 19.7 Å². The second-order valence-corrected chi connectivity index (χ2v) is 6.13. The summed E-state index contributed by atoms with van der Waals surface area (Å²) in [6, 6.07) is 7.96. The Kier molecular flexibility index (Phi) is 4.22. The summed E-state index contributed by atoms with van der Waals surface area (Å²) in [6.45, 7) is 8.14. The maximum absolute atomic E-state index is 6.33. The predicted octanol–water partition coefficient (Wildman–Crippen LogP) is 4.30. The van der Waals surface area contributed by atoms with Crippen molar-refractivity contribution in [2.45, 2.75) is 40.2 Å². The molecule has 0 spiro atoms. The summed E-state index contributed by atoms with van der Waals surface area (Å²) in [5.74, 6) is 1.54. The fourth-order valence-corrected chi connectivity index (χ4v) is 2.74. The normalized spacial score (nSPS) is 12.6. The number of nitrogens with one attached hydrogen (secondary N) is 1. The van der Waals surface area contributed by atoms with E-state index in [1.54, 1.807) is 4.68 Å². The maximum atomic E-state index is 6.33. The van der Waals surface area contributed by atoms with Crippen LogP contribution in [-0.2, 0) is 0 Å². The third-order valence-electron chi connectivity index (χ3n) is 3.89. The lowest BCUT2D eigenvalue weighted by Gasteiger charge is -2.13. The van der Waals surface area contributed by atoms with Gasteiger partial charge in [0.2, 0.25) is 0 Å². The molecule has 0 aliphatic rings. The highest BCUT2D eigenvalue weighted by molar-refractivity contribution is 6.32. The van der Waals surface area contributed by atoms with E-state index in [-0.39, 0.29) is 0 Å². The van der Waals surface area contributed by atoms with Crippen molar-refractivity contribution < 1.29 is 0 Å². The summed E-state index contributed by atoms with van der Waals surface area (Å²) in [7, 11) is 0. The van der Waals surface area contributed by atoms with Gasteiger partial charge in [0.15, 0.2) is 5.65 Å². The van der Waals surface area contributed by atoms with Crippen LogP contribution in [0.3, 0.4) is 0 Å². The van der Waals surface area contributed by atoms with E-state index >= 15 is 0 Å². The molecule has 0 aliphatic heterocycles. The molecule has 1 N–H and O–H groups in total. The maximum Gasteiger partial charge on any atom is 0.169 e. The Morgan fingerprint density at radius 1 is 1.22 bits per heavy atom. The van der Waals surface area contributed by atoms with Gasteiger partial charge in [-0.25, -0.2) is 14.6 Å². The SMILES string of the molecule is CCC(C)Nc1nc(C)nc2c1c(C)nn2-c1ccccc1Cl. The van der Waals surface area contributed by atoms with Crippen molar-refractivity contribution in [3.05, 3.63) is 40.8 Å². The van der Waals surface area contributed by atoms with Crippen LogP contribution in [0, 0.1) is 13.8 Å². The lowest BCUT2D eigenvalue weighted by molar-refractivity contribution is 0.759. The monoisotopic (exact) mass is 329 g/mol. The van der Waals surface area contributed by atoms with Crippen molar-refractivity contribution in [2.24, 2.45) is 0 Å². The van der Waals surface area contributed by atoms with Gasteiger partial charge in [0.25, 0.3) is 0 Å². The highest BCUT2D eigenvalue weighted by Gasteiger charge is 2.18. The Hall–Kier alpha value is -2.14. The summed E-state index contributed by atoms with van der Waals surface area (Å²) in [4.78, 5) is 9.17. The van der Waals surface area contributed by atoms with Crippen molar-refractivity contribution in [3.8, 4) is 5.69 Å².